The van der Waals surface area contributed by atoms with Crippen LogP contribution >= 0.6 is 11.6 Å². The van der Waals surface area contributed by atoms with Crippen molar-refractivity contribution in [2.24, 2.45) is 0 Å². The van der Waals surface area contributed by atoms with Gasteiger partial charge in [-0.3, -0.25) is 34.2 Å². The number of nitrogens with one attached hydrogen (secondary N) is 3. The predicted molar refractivity (Wildman–Crippen MR) is 238 cm³/mol. The van der Waals surface area contributed by atoms with Crippen LogP contribution in [0.15, 0.2) is 47.4 Å². The van der Waals surface area contributed by atoms with Crippen molar-refractivity contribution in [3.63, 3.8) is 0 Å². The quantitative estimate of drug-likeness (QED) is 0.160. The number of imide groups is 1. The Balaban J connectivity index is 0.756. The molecule has 2 aromatic heterocycles. The van der Waals surface area contributed by atoms with Gasteiger partial charge in [0.25, 0.3) is 17.4 Å². The summed E-state index contributed by atoms with van der Waals surface area (Å²) >= 11 is 6.58. The first-order chi connectivity index (χ1) is 31.3. The van der Waals surface area contributed by atoms with Crippen molar-refractivity contribution in [2.75, 3.05) is 50.1 Å². The number of alkyl halides is 1. The van der Waals surface area contributed by atoms with Crippen LogP contribution in [0.5, 0.6) is 5.75 Å². The van der Waals surface area contributed by atoms with Crippen LogP contribution < -0.4 is 31.1 Å². The summed E-state index contributed by atoms with van der Waals surface area (Å²) in [5.41, 5.74) is 1.69. The van der Waals surface area contributed by atoms with Gasteiger partial charge in [0.05, 0.1) is 30.5 Å². The van der Waals surface area contributed by atoms with Gasteiger partial charge >= 0.3 is 0 Å². The number of likely N-dealkylation sites (N-methyl/N-ethyl adjacent to an activating group) is 1. The molecular weight excluding hydrogens is 864 g/mol. The molecule has 344 valence electrons. The topological polar surface area (TPSA) is 180 Å². The summed E-state index contributed by atoms with van der Waals surface area (Å²) in [7, 11) is 1.50. The van der Waals surface area contributed by atoms with Gasteiger partial charge in [-0.1, -0.05) is 17.7 Å². The lowest BCUT2D eigenvalue weighted by Crippen LogP contribution is -2.54. The van der Waals surface area contributed by atoms with E-state index >= 15 is 8.78 Å². The number of benzene rings is 2. The van der Waals surface area contributed by atoms with Gasteiger partial charge in [-0.15, -0.1) is 0 Å². The van der Waals surface area contributed by atoms with Crippen LogP contribution in [0.2, 0.25) is 5.02 Å². The van der Waals surface area contributed by atoms with Gasteiger partial charge in [0.1, 0.15) is 23.1 Å². The molecule has 1 saturated carbocycles. The molecule has 0 radical (unpaired) electrons. The highest BCUT2D eigenvalue weighted by Gasteiger charge is 2.44. The minimum absolute atomic E-state index is 0.0633. The second kappa shape index (κ2) is 18.3. The SMILES string of the molecule is CNC(=O)COc1cc2cc(Nc3nc(N4CCC(OC5CC(N6CCC(c7ccc8c(c7F)CN(C7CCC(=O)NC7=O)C8=O)C(F)C6)C5)CC4)ncc3Cl)ccc2n(C(C)C)c1=O. The van der Waals surface area contributed by atoms with Gasteiger partial charge in [-0.05, 0) is 94.8 Å². The number of hydrogen-bond donors (Lipinski definition) is 3. The molecule has 0 spiro atoms. The molecule has 9 rings (SSSR count). The predicted octanol–water partition coefficient (Wildman–Crippen LogP) is 5.14. The summed E-state index contributed by atoms with van der Waals surface area (Å²) in [6, 6.07) is 9.43. The van der Waals surface area contributed by atoms with Gasteiger partial charge < -0.3 is 34.5 Å². The Morgan fingerprint density at radius 1 is 1.02 bits per heavy atom. The van der Waals surface area contributed by atoms with E-state index in [9.17, 15) is 24.0 Å². The summed E-state index contributed by atoms with van der Waals surface area (Å²) in [5.74, 6) is -1.96. The van der Waals surface area contributed by atoms with Gasteiger partial charge in [0.15, 0.2) is 18.2 Å². The summed E-state index contributed by atoms with van der Waals surface area (Å²) in [6.07, 6.45) is 4.30. The molecule has 3 N–H and O–H groups in total. The van der Waals surface area contributed by atoms with Crippen molar-refractivity contribution in [2.45, 2.75) is 108 Å². The number of piperidine rings is 3. The maximum Gasteiger partial charge on any atom is 0.293 e. The molecule has 3 atom stereocenters. The van der Waals surface area contributed by atoms with Crippen LogP contribution in [0.25, 0.3) is 10.9 Å². The molecule has 6 heterocycles. The highest BCUT2D eigenvalue weighted by molar-refractivity contribution is 6.33. The fraction of sp³-hybridized carbons (Fsp3) is 0.500. The van der Waals surface area contributed by atoms with E-state index in [0.29, 0.717) is 54.0 Å². The van der Waals surface area contributed by atoms with Crippen LogP contribution in [0.3, 0.4) is 0 Å². The zero-order chi connectivity index (χ0) is 45.7. The number of rotatable bonds is 12. The Morgan fingerprint density at radius 3 is 2.52 bits per heavy atom. The van der Waals surface area contributed by atoms with Gasteiger partial charge in [-0.2, -0.15) is 4.98 Å². The summed E-state index contributed by atoms with van der Waals surface area (Å²) in [6.45, 7) is 5.61. The Bertz CT molecular complexity index is 2600. The number of ether oxygens (including phenoxy) is 2. The lowest BCUT2D eigenvalue weighted by Gasteiger charge is -2.47. The number of pyridine rings is 1. The average Bonchev–Trinajstić information content (AvgIpc) is 3.61. The fourth-order valence-electron chi connectivity index (χ4n) is 9.89. The van der Waals surface area contributed by atoms with E-state index in [1.54, 1.807) is 22.9 Å². The number of amides is 4. The van der Waals surface area contributed by atoms with Crippen molar-refractivity contribution in [1.29, 1.82) is 0 Å². The zero-order valence-electron chi connectivity index (χ0n) is 36.5. The minimum atomic E-state index is -1.29. The van der Waals surface area contributed by atoms with E-state index in [1.165, 1.54) is 18.0 Å². The Morgan fingerprint density at radius 2 is 1.80 bits per heavy atom. The lowest BCUT2D eigenvalue weighted by atomic mass is 9.82. The number of fused-ring (bicyclic) bond motifs is 2. The normalized spacial score (nSPS) is 24.0. The van der Waals surface area contributed by atoms with Crippen LogP contribution in [-0.4, -0.2) is 118 Å². The summed E-state index contributed by atoms with van der Waals surface area (Å²) in [5, 5.41) is 9.12. The molecule has 4 fully saturated rings. The van der Waals surface area contributed by atoms with Crippen LogP contribution in [0.1, 0.15) is 92.2 Å². The molecule has 3 saturated heterocycles. The third-order valence-corrected chi connectivity index (χ3v) is 13.8. The number of hydrogen-bond acceptors (Lipinski definition) is 12. The van der Waals surface area contributed by atoms with E-state index in [4.69, 9.17) is 26.1 Å². The number of likely N-dealkylation sites (tertiary alicyclic amines) is 1. The fourth-order valence-corrected chi connectivity index (χ4v) is 10.0. The molecule has 4 amide bonds. The standard InChI is InChI=1S/C46H52ClF2N9O7/c1-24(2)58-36-7-4-26(16-25(36)17-38(45(58)63)64-23-40(60)50-3)52-42-34(47)20-51-46(54-42)55-13-10-28(11-14-55)65-29-18-27(19-29)56-15-12-30(35(48)22-56)31-5-6-32-33(41(31)49)21-57(44(32)62)37-8-9-39(59)53-43(37)61/h4-7,16-17,20,24,27-30,35,37H,8-15,18-19,21-23H2,1-3H3,(H,50,60)(H,51,52,54)(H,53,59,61). The van der Waals surface area contributed by atoms with E-state index in [0.717, 1.165) is 31.1 Å². The largest absolute Gasteiger partial charge is 0.478 e. The average molecular weight is 916 g/mol. The molecule has 5 aliphatic rings. The van der Waals surface area contributed by atoms with E-state index in [2.05, 4.69) is 30.7 Å². The molecule has 65 heavy (non-hydrogen) atoms. The maximum atomic E-state index is 16.0. The molecule has 4 aliphatic heterocycles. The van der Waals surface area contributed by atoms with Crippen LogP contribution in [0, 0.1) is 5.82 Å². The molecular formula is C46H52ClF2N9O7. The Hall–Kier alpha value is -5.72. The van der Waals surface area contributed by atoms with Gasteiger partial charge in [0.2, 0.25) is 17.8 Å². The summed E-state index contributed by atoms with van der Waals surface area (Å²) in [4.78, 5) is 77.2. The van der Waals surface area contributed by atoms with Gasteiger partial charge in [-0.25, -0.2) is 13.8 Å². The summed E-state index contributed by atoms with van der Waals surface area (Å²) < 4.78 is 45.7. The van der Waals surface area contributed by atoms with E-state index in [-0.39, 0.29) is 90.7 Å². The minimum Gasteiger partial charge on any atom is -0.478 e. The van der Waals surface area contributed by atoms with E-state index in [1.807, 2.05) is 32.0 Å². The highest BCUT2D eigenvalue weighted by atomic mass is 35.5. The first-order valence-electron chi connectivity index (χ1n) is 22.3. The highest BCUT2D eigenvalue weighted by Crippen LogP contribution is 2.40. The molecule has 19 heteroatoms. The molecule has 1 aliphatic carbocycles. The van der Waals surface area contributed by atoms with Gasteiger partial charge in [0, 0.05) is 73.3 Å². The third-order valence-electron chi connectivity index (χ3n) is 13.5. The number of nitrogens with zero attached hydrogens (tertiary/aromatic N) is 6. The molecule has 3 unspecified atom stereocenters. The van der Waals surface area contributed by atoms with Crippen molar-refractivity contribution in [3.8, 4) is 5.75 Å². The number of carbonyl (C=O) groups excluding carboxylic acids is 4. The first kappa shape index (κ1) is 44.5. The first-order valence-corrected chi connectivity index (χ1v) is 22.7. The second-order valence-electron chi connectivity index (χ2n) is 17.9. The van der Waals surface area contributed by atoms with Crippen molar-refractivity contribution in [3.05, 3.63) is 80.5 Å². The molecule has 4 aromatic rings. The van der Waals surface area contributed by atoms with Crippen LogP contribution in [-0.2, 0) is 25.7 Å². The zero-order valence-corrected chi connectivity index (χ0v) is 37.2. The maximum absolute atomic E-state index is 16.0. The molecule has 16 nitrogen and oxygen atoms in total. The van der Waals surface area contributed by atoms with Crippen molar-refractivity contribution < 1.29 is 37.4 Å². The number of anilines is 3. The number of halogens is 3. The third kappa shape index (κ3) is 8.87. The number of aromatic nitrogens is 3. The van der Waals surface area contributed by atoms with Crippen molar-refractivity contribution >= 4 is 63.6 Å². The second-order valence-corrected chi connectivity index (χ2v) is 18.3. The Labute approximate surface area is 379 Å². The molecule has 0 bridgehead atoms. The Kier molecular flexibility index (Phi) is 12.5. The number of carbonyl (C=O) groups is 4. The van der Waals surface area contributed by atoms with E-state index < -0.39 is 41.7 Å². The van der Waals surface area contributed by atoms with Crippen molar-refractivity contribution in [1.82, 2.24) is 35.0 Å². The monoisotopic (exact) mass is 915 g/mol. The lowest BCUT2D eigenvalue weighted by molar-refractivity contribution is -0.137. The molecule has 2 aromatic carbocycles. The van der Waals surface area contributed by atoms with Crippen LogP contribution in [0.4, 0.5) is 26.2 Å². The smallest absolute Gasteiger partial charge is 0.293 e.